The number of fused-ring (bicyclic) bond motifs is 2. The minimum Gasteiger partial charge on any atom is -0.311 e. The molecule has 0 aromatic heterocycles. The summed E-state index contributed by atoms with van der Waals surface area (Å²) in [6, 6.07) is 60.0. The van der Waals surface area contributed by atoms with Crippen LogP contribution in [0.5, 0.6) is 0 Å². The summed E-state index contributed by atoms with van der Waals surface area (Å²) in [5.41, 5.74) is 8.62. The molecular weight excluding hydrogens is 569 g/mol. The summed E-state index contributed by atoms with van der Waals surface area (Å²) >= 11 is 0. The number of hydrogen-bond donors (Lipinski definition) is 0. The first kappa shape index (κ1) is 29.6. The van der Waals surface area contributed by atoms with Crippen molar-refractivity contribution in [2.45, 2.75) is 6.92 Å². The summed E-state index contributed by atoms with van der Waals surface area (Å²) in [7, 11) is 0. The molecule has 0 bridgehead atoms. The number of benzene rings is 7. The van der Waals surface area contributed by atoms with Gasteiger partial charge in [0.25, 0.3) is 0 Å². The van der Waals surface area contributed by atoms with Crippen molar-refractivity contribution in [3.8, 4) is 0 Å². The fourth-order valence-corrected chi connectivity index (χ4v) is 6.09. The highest BCUT2D eigenvalue weighted by molar-refractivity contribution is 5.90. The highest BCUT2D eigenvalue weighted by atomic mass is 15.1. The van der Waals surface area contributed by atoms with Gasteiger partial charge < -0.3 is 9.80 Å². The Bertz CT molecular complexity index is 2210. The molecule has 7 rings (SSSR count). The summed E-state index contributed by atoms with van der Waals surface area (Å²) in [5.74, 6) is 0. The van der Waals surface area contributed by atoms with Crippen LogP contribution in [0.2, 0.25) is 0 Å². The standard InChI is InChI=1S/C45H36N2/c1-3-40(46(41-18-6-4-7-19-41)44-30-25-36-14-10-12-16-38(36)32-44)27-22-34(2)35-23-28-43(29-24-35)47(42-20-8-5-9-21-42)45-31-26-37-15-11-13-17-39(37)33-45/h3-33H,2H2,1H3/b27-22-,40-3+. The summed E-state index contributed by atoms with van der Waals surface area (Å²) < 4.78 is 0. The van der Waals surface area contributed by atoms with Crippen molar-refractivity contribution in [2.75, 3.05) is 9.80 Å². The quantitative estimate of drug-likeness (QED) is 0.151. The van der Waals surface area contributed by atoms with Crippen molar-refractivity contribution >= 4 is 55.6 Å². The first-order valence-electron chi connectivity index (χ1n) is 16.0. The van der Waals surface area contributed by atoms with Gasteiger partial charge in [0.1, 0.15) is 0 Å². The molecule has 0 aliphatic rings. The van der Waals surface area contributed by atoms with E-state index in [1.165, 1.54) is 21.5 Å². The van der Waals surface area contributed by atoms with E-state index in [2.05, 4.69) is 211 Å². The van der Waals surface area contributed by atoms with E-state index < -0.39 is 0 Å². The lowest BCUT2D eigenvalue weighted by atomic mass is 10.0. The molecule has 0 amide bonds. The van der Waals surface area contributed by atoms with Gasteiger partial charge in [0.2, 0.25) is 0 Å². The maximum Gasteiger partial charge on any atom is 0.0468 e. The first-order valence-corrected chi connectivity index (χ1v) is 16.0. The van der Waals surface area contributed by atoms with Gasteiger partial charge in [-0.2, -0.15) is 0 Å². The summed E-state index contributed by atoms with van der Waals surface area (Å²) in [6.07, 6.45) is 6.42. The fraction of sp³-hybridized carbons (Fsp3) is 0.0222. The second-order valence-corrected chi connectivity index (χ2v) is 11.5. The van der Waals surface area contributed by atoms with Gasteiger partial charge in [-0.05, 0) is 106 Å². The number of rotatable bonds is 9. The van der Waals surface area contributed by atoms with Crippen LogP contribution in [0.1, 0.15) is 12.5 Å². The Morgan fingerprint density at radius 1 is 0.447 bits per heavy atom. The predicted octanol–water partition coefficient (Wildman–Crippen LogP) is 12.8. The van der Waals surface area contributed by atoms with Crippen molar-refractivity contribution in [3.63, 3.8) is 0 Å². The summed E-state index contributed by atoms with van der Waals surface area (Å²) in [5, 5.41) is 4.89. The number of nitrogens with zero attached hydrogens (tertiary/aromatic N) is 2. The Morgan fingerprint density at radius 3 is 1.51 bits per heavy atom. The molecule has 2 nitrogen and oxygen atoms in total. The minimum atomic E-state index is 0.944. The van der Waals surface area contributed by atoms with E-state index in [9.17, 15) is 0 Å². The third-order valence-corrected chi connectivity index (χ3v) is 8.52. The lowest BCUT2D eigenvalue weighted by Crippen LogP contribution is -2.15. The second-order valence-electron chi connectivity index (χ2n) is 11.5. The van der Waals surface area contributed by atoms with E-state index >= 15 is 0 Å². The van der Waals surface area contributed by atoms with Crippen molar-refractivity contribution in [1.29, 1.82) is 0 Å². The highest BCUT2D eigenvalue weighted by Gasteiger charge is 2.15. The van der Waals surface area contributed by atoms with Crippen molar-refractivity contribution < 1.29 is 0 Å². The Hall–Kier alpha value is -6.12. The molecule has 47 heavy (non-hydrogen) atoms. The van der Waals surface area contributed by atoms with Gasteiger partial charge in [-0.3, -0.25) is 0 Å². The Balaban J connectivity index is 1.18. The number of anilines is 5. The van der Waals surface area contributed by atoms with Crippen LogP contribution in [-0.2, 0) is 0 Å². The van der Waals surface area contributed by atoms with Crippen LogP contribution < -0.4 is 9.80 Å². The molecule has 0 spiro atoms. The molecule has 0 aliphatic heterocycles. The second kappa shape index (κ2) is 13.5. The van der Waals surface area contributed by atoms with E-state index in [-0.39, 0.29) is 0 Å². The molecule has 7 aromatic carbocycles. The van der Waals surface area contributed by atoms with E-state index in [1.807, 2.05) is 0 Å². The smallest absolute Gasteiger partial charge is 0.0468 e. The van der Waals surface area contributed by atoms with Crippen LogP contribution in [0.4, 0.5) is 28.4 Å². The van der Waals surface area contributed by atoms with Crippen LogP contribution in [0.15, 0.2) is 200 Å². The normalized spacial score (nSPS) is 11.6. The number of para-hydroxylation sites is 2. The summed E-state index contributed by atoms with van der Waals surface area (Å²) in [4.78, 5) is 4.59. The van der Waals surface area contributed by atoms with E-state index in [0.29, 0.717) is 0 Å². The van der Waals surface area contributed by atoms with Crippen molar-refractivity contribution in [2.24, 2.45) is 0 Å². The van der Waals surface area contributed by atoms with Gasteiger partial charge >= 0.3 is 0 Å². The largest absolute Gasteiger partial charge is 0.311 e. The first-order chi connectivity index (χ1) is 23.2. The minimum absolute atomic E-state index is 0.944. The molecule has 0 unspecified atom stereocenters. The Kier molecular flexibility index (Phi) is 8.48. The summed E-state index contributed by atoms with van der Waals surface area (Å²) in [6.45, 7) is 6.54. The molecule has 2 heteroatoms. The van der Waals surface area contributed by atoms with Crippen molar-refractivity contribution in [3.05, 3.63) is 206 Å². The van der Waals surface area contributed by atoms with E-state index in [0.717, 1.165) is 45.3 Å². The van der Waals surface area contributed by atoms with Crippen LogP contribution in [-0.4, -0.2) is 0 Å². The SMILES string of the molecule is C=C(/C=C\C(=C/C)N(c1ccccc1)c1ccc2ccccc2c1)c1ccc(N(c2ccccc2)c2ccc3ccccc3c2)cc1. The lowest BCUT2D eigenvalue weighted by molar-refractivity contribution is 1.20. The van der Waals surface area contributed by atoms with E-state index in [4.69, 9.17) is 0 Å². The highest BCUT2D eigenvalue weighted by Crippen LogP contribution is 2.37. The molecule has 0 atom stereocenters. The zero-order valence-corrected chi connectivity index (χ0v) is 26.5. The Labute approximate surface area is 277 Å². The fourth-order valence-electron chi connectivity index (χ4n) is 6.09. The van der Waals surface area contributed by atoms with Gasteiger partial charge in [-0.15, -0.1) is 0 Å². The average molecular weight is 605 g/mol. The van der Waals surface area contributed by atoms with Crippen molar-refractivity contribution in [1.82, 2.24) is 0 Å². The van der Waals surface area contributed by atoms with Crippen LogP contribution in [0, 0.1) is 0 Å². The van der Waals surface area contributed by atoms with Crippen LogP contribution >= 0.6 is 0 Å². The lowest BCUT2D eigenvalue weighted by Gasteiger charge is -2.27. The van der Waals surface area contributed by atoms with Crippen LogP contribution in [0.3, 0.4) is 0 Å². The van der Waals surface area contributed by atoms with Crippen LogP contribution in [0.25, 0.3) is 27.1 Å². The monoisotopic (exact) mass is 604 g/mol. The molecule has 0 N–H and O–H groups in total. The number of hydrogen-bond acceptors (Lipinski definition) is 2. The molecule has 226 valence electrons. The van der Waals surface area contributed by atoms with E-state index in [1.54, 1.807) is 0 Å². The predicted molar refractivity (Wildman–Crippen MR) is 203 cm³/mol. The molecule has 0 saturated carbocycles. The molecule has 0 heterocycles. The number of allylic oxidation sites excluding steroid dienone is 4. The molecule has 0 saturated heterocycles. The maximum atomic E-state index is 4.46. The molecule has 0 aliphatic carbocycles. The molecule has 0 fully saturated rings. The third kappa shape index (κ3) is 6.36. The molecule has 7 aromatic rings. The zero-order valence-electron chi connectivity index (χ0n) is 26.5. The maximum absolute atomic E-state index is 4.46. The van der Waals surface area contributed by atoms with Gasteiger partial charge in [-0.1, -0.05) is 128 Å². The molecule has 0 radical (unpaired) electrons. The Morgan fingerprint density at radius 2 is 0.915 bits per heavy atom. The molecular formula is C45H36N2. The zero-order chi connectivity index (χ0) is 32.0. The topological polar surface area (TPSA) is 6.48 Å². The van der Waals surface area contributed by atoms with Gasteiger partial charge in [-0.25, -0.2) is 0 Å². The third-order valence-electron chi connectivity index (χ3n) is 8.52. The van der Waals surface area contributed by atoms with Gasteiger partial charge in [0.05, 0.1) is 0 Å². The van der Waals surface area contributed by atoms with Gasteiger partial charge in [0.15, 0.2) is 0 Å². The van der Waals surface area contributed by atoms with Gasteiger partial charge in [0, 0.05) is 34.1 Å². The average Bonchev–Trinajstić information content (AvgIpc) is 3.14.